The van der Waals surface area contributed by atoms with Crippen molar-refractivity contribution in [2.45, 2.75) is 19.4 Å². The monoisotopic (exact) mass is 376 g/mol. The van der Waals surface area contributed by atoms with E-state index in [2.05, 4.69) is 17.3 Å². The first-order valence-corrected chi connectivity index (χ1v) is 9.66. The van der Waals surface area contributed by atoms with Gasteiger partial charge in [-0.2, -0.15) is 0 Å². The molecule has 0 fully saturated rings. The molecule has 0 radical (unpaired) electrons. The molecule has 1 aromatic heterocycles. The Balaban J connectivity index is 1.54. The molecule has 144 valence electrons. The molecule has 1 amide bonds. The number of benzene rings is 2. The number of amides is 1. The summed E-state index contributed by atoms with van der Waals surface area (Å²) in [5.74, 6) is 0.651. The van der Waals surface area contributed by atoms with Crippen LogP contribution in [0.1, 0.15) is 21.7 Å². The van der Waals surface area contributed by atoms with Crippen molar-refractivity contribution in [1.29, 1.82) is 0 Å². The third-order valence-corrected chi connectivity index (χ3v) is 5.26. The van der Waals surface area contributed by atoms with Crippen LogP contribution in [0.4, 0.5) is 0 Å². The molecule has 0 saturated heterocycles. The third kappa shape index (κ3) is 3.82. The van der Waals surface area contributed by atoms with Crippen molar-refractivity contribution in [3.8, 4) is 0 Å². The summed E-state index contributed by atoms with van der Waals surface area (Å²) >= 11 is 0. The standard InChI is InChI=1S/C22H24N4O2/c1-25-12-10-20-24-19-15-17(7-8-18(19)22(28)26(20)14-13-25)21(27)23-11-9-16-5-3-2-4-6-16/h2-8,15H,9-14H2,1H3,(H,23,27). The quantitative estimate of drug-likeness (QED) is 0.755. The van der Waals surface area contributed by atoms with Gasteiger partial charge in [-0.15, -0.1) is 0 Å². The van der Waals surface area contributed by atoms with Crippen molar-refractivity contribution < 1.29 is 4.79 Å². The van der Waals surface area contributed by atoms with Gasteiger partial charge >= 0.3 is 0 Å². The number of hydrogen-bond donors (Lipinski definition) is 1. The predicted molar refractivity (Wildman–Crippen MR) is 110 cm³/mol. The van der Waals surface area contributed by atoms with E-state index in [1.165, 1.54) is 5.56 Å². The highest BCUT2D eigenvalue weighted by molar-refractivity contribution is 5.97. The number of nitrogens with one attached hydrogen (secondary N) is 1. The van der Waals surface area contributed by atoms with Crippen molar-refractivity contribution in [2.75, 3.05) is 26.7 Å². The smallest absolute Gasteiger partial charge is 0.261 e. The second-order valence-electron chi connectivity index (χ2n) is 7.26. The average molecular weight is 376 g/mol. The fraction of sp³-hybridized carbons (Fsp3) is 0.318. The Morgan fingerprint density at radius 1 is 1.11 bits per heavy atom. The van der Waals surface area contributed by atoms with Crippen LogP contribution in [0.2, 0.25) is 0 Å². The Morgan fingerprint density at radius 3 is 2.75 bits per heavy atom. The molecule has 0 saturated carbocycles. The number of nitrogens with zero attached hydrogens (tertiary/aromatic N) is 3. The number of fused-ring (bicyclic) bond motifs is 2. The Bertz CT molecular complexity index is 1060. The summed E-state index contributed by atoms with van der Waals surface area (Å²) in [7, 11) is 2.05. The molecule has 1 N–H and O–H groups in total. The summed E-state index contributed by atoms with van der Waals surface area (Å²) < 4.78 is 1.77. The zero-order valence-electron chi connectivity index (χ0n) is 16.0. The van der Waals surface area contributed by atoms with Gasteiger partial charge in [-0.1, -0.05) is 30.3 Å². The molecular weight excluding hydrogens is 352 g/mol. The van der Waals surface area contributed by atoms with Gasteiger partial charge in [-0.3, -0.25) is 14.2 Å². The van der Waals surface area contributed by atoms with Gasteiger partial charge in [0.1, 0.15) is 5.82 Å². The molecule has 4 rings (SSSR count). The highest BCUT2D eigenvalue weighted by atomic mass is 16.1. The summed E-state index contributed by atoms with van der Waals surface area (Å²) in [6.07, 6.45) is 1.51. The van der Waals surface area contributed by atoms with Gasteiger partial charge in [0.15, 0.2) is 0 Å². The maximum absolute atomic E-state index is 12.8. The number of rotatable bonds is 4. The number of likely N-dealkylation sites (N-methyl/N-ethyl adjacent to an activating group) is 1. The minimum absolute atomic E-state index is 0.0219. The van der Waals surface area contributed by atoms with E-state index in [0.29, 0.717) is 29.6 Å². The maximum atomic E-state index is 12.8. The number of hydrogen-bond acceptors (Lipinski definition) is 4. The van der Waals surface area contributed by atoms with Gasteiger partial charge in [0.05, 0.1) is 10.9 Å². The first-order chi connectivity index (χ1) is 13.6. The molecule has 0 unspecified atom stereocenters. The van der Waals surface area contributed by atoms with Crippen LogP contribution in [0, 0.1) is 0 Å². The van der Waals surface area contributed by atoms with E-state index < -0.39 is 0 Å². The van der Waals surface area contributed by atoms with Crippen molar-refractivity contribution in [3.63, 3.8) is 0 Å². The average Bonchev–Trinajstić information content (AvgIpc) is 2.90. The number of aromatic nitrogens is 2. The van der Waals surface area contributed by atoms with Crippen LogP contribution in [0.25, 0.3) is 10.9 Å². The van der Waals surface area contributed by atoms with Crippen molar-refractivity contribution in [2.24, 2.45) is 0 Å². The molecule has 6 heteroatoms. The number of carbonyl (C=O) groups excluding carboxylic acids is 1. The van der Waals surface area contributed by atoms with Crippen LogP contribution >= 0.6 is 0 Å². The molecule has 28 heavy (non-hydrogen) atoms. The highest BCUT2D eigenvalue weighted by Gasteiger charge is 2.16. The van der Waals surface area contributed by atoms with Gasteiger partial charge in [0, 0.05) is 38.2 Å². The summed E-state index contributed by atoms with van der Waals surface area (Å²) in [5.41, 5.74) is 2.29. The normalized spacial score (nSPS) is 14.5. The van der Waals surface area contributed by atoms with E-state index in [1.807, 2.05) is 30.3 Å². The summed E-state index contributed by atoms with van der Waals surface area (Å²) in [4.78, 5) is 32.3. The van der Waals surface area contributed by atoms with Crippen LogP contribution < -0.4 is 10.9 Å². The van der Waals surface area contributed by atoms with Crippen LogP contribution in [-0.4, -0.2) is 47.0 Å². The Morgan fingerprint density at radius 2 is 1.93 bits per heavy atom. The largest absolute Gasteiger partial charge is 0.352 e. The molecule has 2 aromatic carbocycles. The molecule has 0 atom stereocenters. The van der Waals surface area contributed by atoms with Crippen LogP contribution in [0.3, 0.4) is 0 Å². The maximum Gasteiger partial charge on any atom is 0.261 e. The zero-order chi connectivity index (χ0) is 19.5. The van der Waals surface area contributed by atoms with E-state index in [1.54, 1.807) is 22.8 Å². The molecule has 0 bridgehead atoms. The lowest BCUT2D eigenvalue weighted by Gasteiger charge is -2.11. The van der Waals surface area contributed by atoms with Crippen LogP contribution in [0.5, 0.6) is 0 Å². The van der Waals surface area contributed by atoms with Gasteiger partial charge in [-0.05, 0) is 37.2 Å². The molecule has 6 nitrogen and oxygen atoms in total. The summed E-state index contributed by atoms with van der Waals surface area (Å²) in [6.45, 7) is 2.92. The highest BCUT2D eigenvalue weighted by Crippen LogP contribution is 2.14. The van der Waals surface area contributed by atoms with Crippen molar-refractivity contribution in [3.05, 3.63) is 75.8 Å². The fourth-order valence-electron chi connectivity index (χ4n) is 3.57. The van der Waals surface area contributed by atoms with Crippen LogP contribution in [-0.2, 0) is 19.4 Å². The topological polar surface area (TPSA) is 67.2 Å². The summed E-state index contributed by atoms with van der Waals surface area (Å²) in [5, 5.41) is 3.51. The molecule has 1 aliphatic heterocycles. The predicted octanol–water partition coefficient (Wildman–Crippen LogP) is 1.86. The molecule has 3 aromatic rings. The van der Waals surface area contributed by atoms with E-state index in [0.717, 1.165) is 31.8 Å². The molecule has 1 aliphatic rings. The number of carbonyl (C=O) groups is 1. The van der Waals surface area contributed by atoms with E-state index >= 15 is 0 Å². The van der Waals surface area contributed by atoms with Gasteiger partial charge < -0.3 is 10.2 Å². The molecular formula is C22H24N4O2. The van der Waals surface area contributed by atoms with Gasteiger partial charge in [0.25, 0.3) is 11.5 Å². The Hall–Kier alpha value is -2.99. The second kappa shape index (κ2) is 7.94. The zero-order valence-corrected chi connectivity index (χ0v) is 16.0. The van der Waals surface area contributed by atoms with E-state index in [-0.39, 0.29) is 11.5 Å². The Labute approximate surface area is 163 Å². The SMILES string of the molecule is CN1CCc2nc3cc(C(=O)NCCc4ccccc4)ccc3c(=O)n2CC1. The third-order valence-electron chi connectivity index (χ3n) is 5.26. The first kappa shape index (κ1) is 18.4. The lowest BCUT2D eigenvalue weighted by atomic mass is 10.1. The molecule has 0 aliphatic carbocycles. The lowest BCUT2D eigenvalue weighted by molar-refractivity contribution is 0.0954. The van der Waals surface area contributed by atoms with E-state index in [4.69, 9.17) is 4.98 Å². The Kier molecular flexibility index (Phi) is 5.21. The molecule has 0 spiro atoms. The second-order valence-corrected chi connectivity index (χ2v) is 7.26. The first-order valence-electron chi connectivity index (χ1n) is 9.66. The minimum atomic E-state index is -0.144. The fourth-order valence-corrected chi connectivity index (χ4v) is 3.57. The lowest BCUT2D eigenvalue weighted by Crippen LogP contribution is -2.28. The van der Waals surface area contributed by atoms with Crippen molar-refractivity contribution >= 4 is 16.8 Å². The molecule has 2 heterocycles. The van der Waals surface area contributed by atoms with Gasteiger partial charge in [-0.25, -0.2) is 4.98 Å². The van der Waals surface area contributed by atoms with E-state index in [9.17, 15) is 9.59 Å². The summed E-state index contributed by atoms with van der Waals surface area (Å²) in [6, 6.07) is 15.2. The minimum Gasteiger partial charge on any atom is -0.352 e. The van der Waals surface area contributed by atoms with Crippen molar-refractivity contribution in [1.82, 2.24) is 19.8 Å². The van der Waals surface area contributed by atoms with Crippen LogP contribution in [0.15, 0.2) is 53.3 Å². The van der Waals surface area contributed by atoms with Gasteiger partial charge in [0.2, 0.25) is 0 Å².